The molecule has 0 bridgehead atoms. The van der Waals surface area contributed by atoms with Gasteiger partial charge in [-0.15, -0.1) is 13.2 Å². The average molecular weight is 449 g/mol. The molecule has 0 spiro atoms. The van der Waals surface area contributed by atoms with Gasteiger partial charge in [0.2, 0.25) is 0 Å². The predicted molar refractivity (Wildman–Crippen MR) is 110 cm³/mol. The number of H-pyrrole nitrogens is 1. The average Bonchev–Trinajstić information content (AvgIpc) is 3.34. The number of nitrogens with zero attached hydrogens (tertiary/aromatic N) is 1. The molecule has 0 unspecified atom stereocenters. The van der Waals surface area contributed by atoms with Crippen LogP contribution in [0.3, 0.4) is 0 Å². The highest BCUT2D eigenvalue weighted by atomic mass is 32.2. The van der Waals surface area contributed by atoms with E-state index in [1.54, 1.807) is 25.4 Å². The highest BCUT2D eigenvalue weighted by Gasteiger charge is 2.35. The number of halogens is 3. The number of hydrogen-bond acceptors (Lipinski definition) is 4. The van der Waals surface area contributed by atoms with Gasteiger partial charge in [-0.1, -0.05) is 18.2 Å². The maximum absolute atomic E-state index is 13.5. The summed E-state index contributed by atoms with van der Waals surface area (Å²) in [6, 6.07) is 13.6. The van der Waals surface area contributed by atoms with Crippen molar-refractivity contribution in [3.05, 3.63) is 72.6 Å². The van der Waals surface area contributed by atoms with Gasteiger partial charge in [0.25, 0.3) is 10.0 Å². The fourth-order valence-electron chi connectivity index (χ4n) is 3.40. The number of hydrogen-bond donors (Lipinski definition) is 2. The van der Waals surface area contributed by atoms with Crippen molar-refractivity contribution in [1.82, 2.24) is 14.3 Å². The van der Waals surface area contributed by atoms with Gasteiger partial charge in [0.1, 0.15) is 10.6 Å². The summed E-state index contributed by atoms with van der Waals surface area (Å²) in [5, 5.41) is 3.82. The van der Waals surface area contributed by atoms with Crippen LogP contribution in [0.4, 0.5) is 13.2 Å². The van der Waals surface area contributed by atoms with Gasteiger partial charge in [0.15, 0.2) is 0 Å². The van der Waals surface area contributed by atoms with Gasteiger partial charge in [-0.2, -0.15) is 0 Å². The highest BCUT2D eigenvalue weighted by molar-refractivity contribution is 7.90. The van der Waals surface area contributed by atoms with Gasteiger partial charge < -0.3 is 15.0 Å². The van der Waals surface area contributed by atoms with Crippen molar-refractivity contribution in [1.29, 1.82) is 0 Å². The Morgan fingerprint density at radius 1 is 1.10 bits per heavy atom. The van der Waals surface area contributed by atoms with Crippen LogP contribution in [-0.2, 0) is 16.6 Å². The molecule has 10 heteroatoms. The Kier molecular flexibility index (Phi) is 5.28. The van der Waals surface area contributed by atoms with E-state index < -0.39 is 27.0 Å². The number of para-hydroxylation sites is 1. The first-order valence-corrected chi connectivity index (χ1v) is 10.7. The molecule has 0 fully saturated rings. The van der Waals surface area contributed by atoms with E-state index in [0.29, 0.717) is 23.4 Å². The van der Waals surface area contributed by atoms with Crippen LogP contribution >= 0.6 is 0 Å². The maximum Gasteiger partial charge on any atom is 0.573 e. The summed E-state index contributed by atoms with van der Waals surface area (Å²) in [4.78, 5) is 2.48. The van der Waals surface area contributed by atoms with Crippen LogP contribution in [0.2, 0.25) is 0 Å². The molecule has 0 atom stereocenters. The lowest BCUT2D eigenvalue weighted by Gasteiger charge is -2.15. The third kappa shape index (κ3) is 4.17. The lowest BCUT2D eigenvalue weighted by molar-refractivity contribution is -0.275. The number of aromatic nitrogens is 2. The standard InChI is InChI=1S/C21H18F3N3O3S/c1-25-12-14-10-18(16-6-7-17-15(11-16)8-9-26-17)27(13-14)31(28,29)20-5-3-2-4-19(20)30-21(22,23)24/h2-11,13,25-26H,12H2,1H3. The Hall–Kier alpha value is -3.24. The SMILES string of the molecule is CNCc1cc(-c2ccc3[nH]ccc3c2)n(S(=O)(=O)c2ccccc2OC(F)(F)F)c1. The van der Waals surface area contributed by atoms with Crippen LogP contribution in [0.15, 0.2) is 71.9 Å². The number of nitrogens with one attached hydrogen (secondary N) is 2. The number of aromatic amines is 1. The summed E-state index contributed by atoms with van der Waals surface area (Å²) in [6.45, 7) is 0.378. The zero-order valence-electron chi connectivity index (χ0n) is 16.3. The van der Waals surface area contributed by atoms with E-state index in [-0.39, 0.29) is 0 Å². The van der Waals surface area contributed by atoms with Crippen molar-refractivity contribution >= 4 is 20.9 Å². The molecule has 0 radical (unpaired) electrons. The minimum atomic E-state index is -5.03. The van der Waals surface area contributed by atoms with Crippen LogP contribution in [0, 0.1) is 0 Å². The quantitative estimate of drug-likeness (QED) is 0.455. The van der Waals surface area contributed by atoms with E-state index in [1.165, 1.54) is 18.3 Å². The molecule has 2 heterocycles. The molecule has 0 amide bonds. The molecule has 2 N–H and O–H groups in total. The van der Waals surface area contributed by atoms with Gasteiger partial charge in [0, 0.05) is 29.8 Å². The summed E-state index contributed by atoms with van der Waals surface area (Å²) in [6.07, 6.45) is -1.87. The summed E-state index contributed by atoms with van der Waals surface area (Å²) in [5.41, 5.74) is 2.47. The Morgan fingerprint density at radius 2 is 1.87 bits per heavy atom. The first kappa shape index (κ1) is 21.0. The fraction of sp³-hybridized carbons (Fsp3) is 0.143. The van der Waals surface area contributed by atoms with E-state index in [9.17, 15) is 21.6 Å². The lowest BCUT2D eigenvalue weighted by atomic mass is 10.1. The normalized spacial score (nSPS) is 12.4. The minimum absolute atomic E-state index is 0.329. The second-order valence-corrected chi connectivity index (χ2v) is 8.62. The van der Waals surface area contributed by atoms with Crippen molar-refractivity contribution in [2.24, 2.45) is 0 Å². The summed E-state index contributed by atoms with van der Waals surface area (Å²) in [5.74, 6) is -0.786. The van der Waals surface area contributed by atoms with Gasteiger partial charge in [-0.05, 0) is 54.6 Å². The molecule has 0 aliphatic rings. The zero-order valence-corrected chi connectivity index (χ0v) is 17.1. The number of rotatable bonds is 6. The van der Waals surface area contributed by atoms with Gasteiger partial charge in [-0.25, -0.2) is 12.4 Å². The molecular weight excluding hydrogens is 431 g/mol. The highest BCUT2D eigenvalue weighted by Crippen LogP contribution is 2.34. The molecule has 0 saturated heterocycles. The molecular formula is C21H18F3N3O3S. The Labute approximate surface area is 176 Å². The maximum atomic E-state index is 13.5. The smallest absolute Gasteiger partial charge is 0.404 e. The summed E-state index contributed by atoms with van der Waals surface area (Å²) >= 11 is 0. The molecule has 4 aromatic rings. The molecule has 2 aromatic heterocycles. The van der Waals surface area contributed by atoms with E-state index in [0.717, 1.165) is 27.0 Å². The Bertz CT molecular complexity index is 1340. The van der Waals surface area contributed by atoms with Crippen LogP contribution in [-0.4, -0.2) is 30.8 Å². The molecule has 4 rings (SSSR count). The van der Waals surface area contributed by atoms with Crippen molar-refractivity contribution in [2.45, 2.75) is 17.8 Å². The van der Waals surface area contributed by atoms with Crippen LogP contribution in [0.5, 0.6) is 5.75 Å². The van der Waals surface area contributed by atoms with Crippen LogP contribution < -0.4 is 10.1 Å². The number of benzene rings is 2. The van der Waals surface area contributed by atoms with Gasteiger partial charge in [0.05, 0.1) is 5.69 Å². The largest absolute Gasteiger partial charge is 0.573 e. The molecule has 162 valence electrons. The first-order chi connectivity index (χ1) is 14.7. The third-order valence-corrected chi connectivity index (χ3v) is 6.40. The summed E-state index contributed by atoms with van der Waals surface area (Å²) < 4.78 is 70.4. The van der Waals surface area contributed by atoms with E-state index in [2.05, 4.69) is 15.0 Å². The Morgan fingerprint density at radius 3 is 2.61 bits per heavy atom. The monoisotopic (exact) mass is 449 g/mol. The van der Waals surface area contributed by atoms with E-state index in [4.69, 9.17) is 0 Å². The second-order valence-electron chi connectivity index (χ2n) is 6.84. The third-order valence-electron chi connectivity index (χ3n) is 4.68. The molecule has 31 heavy (non-hydrogen) atoms. The van der Waals surface area contributed by atoms with Crippen molar-refractivity contribution < 1.29 is 26.3 Å². The second kappa shape index (κ2) is 7.78. The lowest BCUT2D eigenvalue weighted by Crippen LogP contribution is -2.21. The van der Waals surface area contributed by atoms with Crippen molar-refractivity contribution in [3.63, 3.8) is 0 Å². The topological polar surface area (TPSA) is 76.1 Å². The molecule has 6 nitrogen and oxygen atoms in total. The number of ether oxygens (including phenoxy) is 1. The van der Waals surface area contributed by atoms with Crippen LogP contribution in [0.25, 0.3) is 22.2 Å². The molecule has 0 aliphatic carbocycles. The predicted octanol–water partition coefficient (Wildman–Crippen LogP) is 4.49. The first-order valence-electron chi connectivity index (χ1n) is 9.23. The zero-order chi connectivity index (χ0) is 22.2. The van der Waals surface area contributed by atoms with Crippen molar-refractivity contribution in [3.8, 4) is 17.0 Å². The molecule has 0 aliphatic heterocycles. The molecule has 2 aromatic carbocycles. The summed E-state index contributed by atoms with van der Waals surface area (Å²) in [7, 11) is -2.69. The van der Waals surface area contributed by atoms with E-state index >= 15 is 0 Å². The fourth-order valence-corrected chi connectivity index (χ4v) is 4.92. The van der Waals surface area contributed by atoms with Crippen LogP contribution in [0.1, 0.15) is 5.56 Å². The minimum Gasteiger partial charge on any atom is -0.404 e. The van der Waals surface area contributed by atoms with Gasteiger partial charge >= 0.3 is 6.36 Å². The van der Waals surface area contributed by atoms with Crippen molar-refractivity contribution in [2.75, 3.05) is 7.05 Å². The van der Waals surface area contributed by atoms with E-state index in [1.807, 2.05) is 18.2 Å². The molecule has 0 saturated carbocycles. The number of alkyl halides is 3. The Balaban J connectivity index is 1.89. The number of fused-ring (bicyclic) bond motifs is 1. The van der Waals surface area contributed by atoms with Gasteiger partial charge in [-0.3, -0.25) is 0 Å².